The predicted octanol–water partition coefficient (Wildman–Crippen LogP) is 6.76. The van der Waals surface area contributed by atoms with E-state index >= 15 is 0 Å². The molecule has 2 fully saturated rings. The summed E-state index contributed by atoms with van der Waals surface area (Å²) in [7, 11) is -0.513. The highest BCUT2D eigenvalue weighted by Gasteiger charge is 2.30. The lowest BCUT2D eigenvalue weighted by molar-refractivity contribution is 0.668. The van der Waals surface area contributed by atoms with Crippen LogP contribution in [-0.2, 0) is 0 Å². The molecule has 0 aromatic heterocycles. The molecule has 0 bridgehead atoms. The Balaban J connectivity index is 1.70. The summed E-state index contributed by atoms with van der Waals surface area (Å²) in [4.78, 5) is 0. The molecule has 2 saturated carbocycles. The molecule has 0 radical (unpaired) electrons. The van der Waals surface area contributed by atoms with Crippen LogP contribution in [0, 0.1) is 0 Å². The van der Waals surface area contributed by atoms with E-state index in [9.17, 15) is 0 Å². The zero-order chi connectivity index (χ0) is 19.5. The summed E-state index contributed by atoms with van der Waals surface area (Å²) in [5.41, 5.74) is 3.45. The molecule has 148 valence electrons. The van der Waals surface area contributed by atoms with Crippen molar-refractivity contribution in [3.63, 3.8) is 0 Å². The van der Waals surface area contributed by atoms with Gasteiger partial charge in [0.15, 0.2) is 0 Å². The summed E-state index contributed by atoms with van der Waals surface area (Å²) < 4.78 is 0. The number of rotatable bonds is 5. The summed E-state index contributed by atoms with van der Waals surface area (Å²) in [6, 6.07) is 29.8. The van der Waals surface area contributed by atoms with E-state index < -0.39 is 7.92 Å². The molecule has 2 aliphatic rings. The van der Waals surface area contributed by atoms with E-state index in [-0.39, 0.29) is 0 Å². The van der Waals surface area contributed by atoms with Crippen molar-refractivity contribution >= 4 is 23.8 Å². The van der Waals surface area contributed by atoms with Gasteiger partial charge in [0.05, 0.1) is 0 Å². The van der Waals surface area contributed by atoms with Gasteiger partial charge in [0, 0.05) is 0 Å². The molecule has 0 unspecified atom stereocenters. The molecule has 0 saturated heterocycles. The Bertz CT molecular complexity index is 880. The van der Waals surface area contributed by atoms with Crippen molar-refractivity contribution in [2.24, 2.45) is 0 Å². The monoisotopic (exact) mass is 398 g/mol. The molecule has 2 aliphatic carbocycles. The predicted molar refractivity (Wildman–Crippen MR) is 128 cm³/mol. The van der Waals surface area contributed by atoms with Crippen molar-refractivity contribution in [2.75, 3.05) is 0 Å². The fraction of sp³-hybridized carbons (Fsp3) is 0.357. The average Bonchev–Trinajstić information content (AvgIpc) is 3.50. The molecule has 0 spiro atoms. The van der Waals surface area contributed by atoms with Crippen LogP contribution in [-0.4, -0.2) is 0 Å². The first-order valence-corrected chi connectivity index (χ1v) is 12.8. The Morgan fingerprint density at radius 3 is 1.59 bits per heavy atom. The first kappa shape index (κ1) is 19.1. The minimum atomic E-state index is -0.513. The van der Waals surface area contributed by atoms with Crippen LogP contribution >= 0.6 is 7.92 Å². The minimum Gasteiger partial charge on any atom is -0.0622 e. The van der Waals surface area contributed by atoms with Crippen LogP contribution < -0.4 is 15.9 Å². The Kier molecular flexibility index (Phi) is 5.82. The van der Waals surface area contributed by atoms with E-state index in [2.05, 4.69) is 78.9 Å². The third kappa shape index (κ3) is 3.93. The molecule has 0 heterocycles. The quantitative estimate of drug-likeness (QED) is 0.417. The van der Waals surface area contributed by atoms with Crippen LogP contribution in [0.3, 0.4) is 0 Å². The Morgan fingerprint density at radius 1 is 0.517 bits per heavy atom. The number of benzene rings is 3. The highest BCUT2D eigenvalue weighted by Crippen LogP contribution is 2.45. The topological polar surface area (TPSA) is 0 Å². The Hall–Kier alpha value is -1.91. The van der Waals surface area contributed by atoms with Gasteiger partial charge >= 0.3 is 0 Å². The molecule has 0 amide bonds. The second kappa shape index (κ2) is 8.85. The van der Waals surface area contributed by atoms with Crippen molar-refractivity contribution in [3.8, 4) is 0 Å². The largest absolute Gasteiger partial charge is 0.0622 e. The van der Waals surface area contributed by atoms with E-state index in [4.69, 9.17) is 0 Å². The summed E-state index contributed by atoms with van der Waals surface area (Å²) in [5, 5.41) is 4.60. The Morgan fingerprint density at radius 2 is 1.03 bits per heavy atom. The van der Waals surface area contributed by atoms with E-state index in [0.29, 0.717) is 0 Å². The van der Waals surface area contributed by atoms with Crippen molar-refractivity contribution in [3.05, 3.63) is 90.0 Å². The lowest BCUT2D eigenvalue weighted by Gasteiger charge is -2.28. The van der Waals surface area contributed by atoms with Crippen LogP contribution in [0.25, 0.3) is 0 Å². The van der Waals surface area contributed by atoms with Gasteiger partial charge in [-0.3, -0.25) is 0 Å². The summed E-state index contributed by atoms with van der Waals surface area (Å²) in [6.45, 7) is 0. The number of hydrogen-bond donors (Lipinski definition) is 0. The normalized spacial score (nSPS) is 18.0. The van der Waals surface area contributed by atoms with E-state index in [1.807, 2.05) is 0 Å². The molecule has 29 heavy (non-hydrogen) atoms. The number of hydrogen-bond acceptors (Lipinski definition) is 0. The molecular formula is C28H31P. The van der Waals surface area contributed by atoms with Gasteiger partial charge in [0.25, 0.3) is 0 Å². The maximum absolute atomic E-state index is 2.48. The van der Waals surface area contributed by atoms with Crippen LogP contribution in [0.2, 0.25) is 0 Å². The van der Waals surface area contributed by atoms with Crippen LogP contribution in [0.1, 0.15) is 74.3 Å². The molecule has 5 rings (SSSR count). The van der Waals surface area contributed by atoms with Crippen LogP contribution in [0.5, 0.6) is 0 Å². The second-order valence-corrected chi connectivity index (χ2v) is 10.9. The van der Waals surface area contributed by atoms with Gasteiger partial charge < -0.3 is 0 Å². The highest BCUT2D eigenvalue weighted by molar-refractivity contribution is 7.79. The van der Waals surface area contributed by atoms with Gasteiger partial charge in [-0.1, -0.05) is 105 Å². The minimum absolute atomic E-state index is 0.513. The van der Waals surface area contributed by atoms with Crippen LogP contribution in [0.4, 0.5) is 0 Å². The van der Waals surface area contributed by atoms with Crippen molar-refractivity contribution < 1.29 is 0 Å². The maximum Gasteiger partial charge on any atom is -0.0113 e. The lowest BCUT2D eigenvalue weighted by Crippen LogP contribution is -2.26. The summed E-state index contributed by atoms with van der Waals surface area (Å²) in [6.07, 6.45) is 11.1. The zero-order valence-electron chi connectivity index (χ0n) is 17.3. The Labute approximate surface area is 177 Å². The van der Waals surface area contributed by atoms with Crippen molar-refractivity contribution in [1.29, 1.82) is 0 Å². The SMILES string of the molecule is c1ccc(P(c2ccccc2)c2cccc(C3CCCC3)c2C2CCCC2)cc1. The smallest absolute Gasteiger partial charge is 0.0113 e. The third-order valence-corrected chi connectivity index (χ3v) is 9.45. The lowest BCUT2D eigenvalue weighted by atomic mass is 9.85. The van der Waals surface area contributed by atoms with Gasteiger partial charge in [0.1, 0.15) is 0 Å². The summed E-state index contributed by atoms with van der Waals surface area (Å²) >= 11 is 0. The molecular weight excluding hydrogens is 367 g/mol. The first-order chi connectivity index (χ1) is 14.4. The molecule has 0 N–H and O–H groups in total. The molecule has 1 heteroatoms. The fourth-order valence-electron chi connectivity index (χ4n) is 5.60. The van der Waals surface area contributed by atoms with Crippen molar-refractivity contribution in [2.45, 2.75) is 63.2 Å². The van der Waals surface area contributed by atoms with E-state index in [0.717, 1.165) is 11.8 Å². The maximum atomic E-state index is 2.48. The zero-order valence-corrected chi connectivity index (χ0v) is 18.2. The molecule has 0 atom stereocenters. The second-order valence-electron chi connectivity index (χ2n) is 8.75. The standard InChI is InChI=1S/C28H31P/c1-3-16-24(17-4-1)29(25-18-5-2-6-19-25)27-21-11-20-26(22-12-7-8-13-22)28(27)23-14-9-10-15-23/h1-6,11,16-23H,7-10,12-15H2. The summed E-state index contributed by atoms with van der Waals surface area (Å²) in [5.74, 6) is 1.55. The highest BCUT2D eigenvalue weighted by atomic mass is 31.1. The van der Waals surface area contributed by atoms with Crippen LogP contribution in [0.15, 0.2) is 78.9 Å². The molecule has 3 aromatic rings. The van der Waals surface area contributed by atoms with E-state index in [1.165, 1.54) is 62.0 Å². The van der Waals surface area contributed by atoms with Crippen molar-refractivity contribution in [1.82, 2.24) is 0 Å². The van der Waals surface area contributed by atoms with Gasteiger partial charge in [-0.15, -0.1) is 0 Å². The fourth-order valence-corrected chi connectivity index (χ4v) is 8.18. The molecule has 0 nitrogen and oxygen atoms in total. The molecule has 3 aromatic carbocycles. The average molecular weight is 399 g/mol. The van der Waals surface area contributed by atoms with Gasteiger partial charge in [0.2, 0.25) is 0 Å². The third-order valence-electron chi connectivity index (χ3n) is 6.94. The van der Waals surface area contributed by atoms with E-state index in [1.54, 1.807) is 16.4 Å². The first-order valence-electron chi connectivity index (χ1n) is 11.4. The van der Waals surface area contributed by atoms with Gasteiger partial charge in [-0.2, -0.15) is 0 Å². The molecule has 0 aliphatic heterocycles. The van der Waals surface area contributed by atoms with Gasteiger partial charge in [-0.05, 0) is 72.5 Å². The van der Waals surface area contributed by atoms with Gasteiger partial charge in [-0.25, -0.2) is 0 Å².